The fraction of sp³-hybridized carbons (Fsp3) is 0.469. The number of pyridine rings is 1. The van der Waals surface area contributed by atoms with Gasteiger partial charge in [0.25, 0.3) is 11.5 Å². The molecule has 0 unspecified atom stereocenters. The van der Waals surface area contributed by atoms with Crippen LogP contribution in [0.4, 0.5) is 13.2 Å². The van der Waals surface area contributed by atoms with Crippen molar-refractivity contribution in [3.05, 3.63) is 93.1 Å². The normalized spacial score (nSPS) is 18.4. The Balaban J connectivity index is 1.62. The summed E-state index contributed by atoms with van der Waals surface area (Å²) in [5.74, 6) is 0.997. The lowest BCUT2D eigenvalue weighted by molar-refractivity contribution is -0.136. The summed E-state index contributed by atoms with van der Waals surface area (Å²) in [5.41, 5.74) is 4.75. The van der Waals surface area contributed by atoms with Crippen LogP contribution < -0.4 is 10.9 Å². The van der Waals surface area contributed by atoms with Crippen LogP contribution in [-0.4, -0.2) is 50.3 Å². The van der Waals surface area contributed by atoms with Gasteiger partial charge in [-0.05, 0) is 72.2 Å². The second-order valence-corrected chi connectivity index (χ2v) is 12.1. The van der Waals surface area contributed by atoms with E-state index in [1.165, 1.54) is 18.6 Å². The van der Waals surface area contributed by atoms with E-state index in [4.69, 9.17) is 0 Å². The van der Waals surface area contributed by atoms with Crippen molar-refractivity contribution in [1.82, 2.24) is 30.0 Å². The van der Waals surface area contributed by atoms with Gasteiger partial charge in [-0.3, -0.25) is 14.7 Å². The third kappa shape index (κ3) is 7.91. The fourth-order valence-corrected chi connectivity index (χ4v) is 6.07. The van der Waals surface area contributed by atoms with Crippen molar-refractivity contribution in [3.63, 3.8) is 0 Å². The summed E-state index contributed by atoms with van der Waals surface area (Å²) in [7, 11) is 1.89. The number of carbonyl (C=O) groups excluding carboxylic acids is 1. The van der Waals surface area contributed by atoms with Gasteiger partial charge in [0.2, 0.25) is 0 Å². The largest absolute Gasteiger partial charge is 0.390 e. The van der Waals surface area contributed by atoms with Gasteiger partial charge in [-0.1, -0.05) is 39.5 Å². The summed E-state index contributed by atoms with van der Waals surface area (Å²) < 4.78 is 40.0. The van der Waals surface area contributed by atoms with E-state index in [1.807, 2.05) is 30.1 Å². The molecule has 2 N–H and O–H groups in total. The van der Waals surface area contributed by atoms with E-state index in [-0.39, 0.29) is 17.5 Å². The van der Waals surface area contributed by atoms with Crippen LogP contribution in [-0.2, 0) is 25.0 Å². The quantitative estimate of drug-likeness (QED) is 0.271. The molecule has 1 saturated carbocycles. The summed E-state index contributed by atoms with van der Waals surface area (Å²) in [6, 6.07) is 7.44. The van der Waals surface area contributed by atoms with E-state index < -0.39 is 30.6 Å². The summed E-state index contributed by atoms with van der Waals surface area (Å²) in [6.45, 7) is 10.7. The van der Waals surface area contributed by atoms with Crippen LogP contribution in [0.15, 0.2) is 53.9 Å². The van der Waals surface area contributed by atoms with Gasteiger partial charge in [0.1, 0.15) is 17.7 Å². The van der Waals surface area contributed by atoms with Gasteiger partial charge in [-0.15, -0.1) is 5.73 Å². The number of nitrogens with one attached hydrogen (secondary N) is 2. The molecular formula is C32H39F3N6O2. The Morgan fingerprint density at radius 1 is 1.28 bits per heavy atom. The Morgan fingerprint density at radius 3 is 2.63 bits per heavy atom. The molecule has 4 rings (SSSR count). The van der Waals surface area contributed by atoms with Crippen molar-refractivity contribution in [2.75, 3.05) is 13.6 Å². The van der Waals surface area contributed by atoms with Gasteiger partial charge in [0, 0.05) is 32.4 Å². The number of aromatic amines is 1. The first-order valence-electron chi connectivity index (χ1n) is 14.4. The van der Waals surface area contributed by atoms with Crippen LogP contribution in [0.2, 0.25) is 0 Å². The highest BCUT2D eigenvalue weighted by Crippen LogP contribution is 2.51. The molecule has 1 fully saturated rings. The molecular weight excluding hydrogens is 557 g/mol. The van der Waals surface area contributed by atoms with Crippen molar-refractivity contribution in [2.45, 2.75) is 71.3 Å². The Labute approximate surface area is 249 Å². The van der Waals surface area contributed by atoms with Crippen LogP contribution in [0, 0.1) is 11.8 Å². The molecule has 2 aromatic heterocycles. The molecule has 1 aliphatic carbocycles. The maximum Gasteiger partial charge on any atom is 0.390 e. The van der Waals surface area contributed by atoms with E-state index in [0.717, 1.165) is 46.5 Å². The zero-order chi connectivity index (χ0) is 31.4. The lowest BCUT2D eigenvalue weighted by atomic mass is 9.58. The molecule has 2 heterocycles. The van der Waals surface area contributed by atoms with Crippen LogP contribution in [0.1, 0.15) is 78.5 Å². The van der Waals surface area contributed by atoms with E-state index in [2.05, 4.69) is 53.6 Å². The molecule has 8 nitrogen and oxygen atoms in total. The number of H-pyrrole nitrogens is 1. The summed E-state index contributed by atoms with van der Waals surface area (Å²) in [4.78, 5) is 33.0. The Hall–Kier alpha value is -3.95. The highest BCUT2D eigenvalue weighted by atomic mass is 19.4. The predicted octanol–water partition coefficient (Wildman–Crippen LogP) is 5.45. The van der Waals surface area contributed by atoms with Crippen LogP contribution in [0.25, 0.3) is 6.08 Å². The van der Waals surface area contributed by atoms with Crippen molar-refractivity contribution in [1.29, 1.82) is 0 Å². The van der Waals surface area contributed by atoms with Crippen molar-refractivity contribution in [2.24, 2.45) is 11.8 Å². The van der Waals surface area contributed by atoms with E-state index in [0.29, 0.717) is 23.9 Å². The van der Waals surface area contributed by atoms with Crippen LogP contribution >= 0.6 is 0 Å². The minimum Gasteiger partial charge on any atom is -0.348 e. The maximum absolute atomic E-state index is 13.4. The van der Waals surface area contributed by atoms with Crippen LogP contribution in [0.3, 0.4) is 0 Å². The highest BCUT2D eigenvalue weighted by Gasteiger charge is 2.47. The molecule has 0 spiro atoms. The van der Waals surface area contributed by atoms with Crippen molar-refractivity contribution < 1.29 is 18.0 Å². The molecule has 43 heavy (non-hydrogen) atoms. The second-order valence-electron chi connectivity index (χ2n) is 12.1. The number of hydrogen-bond donors (Lipinski definition) is 2. The number of benzene rings is 1. The van der Waals surface area contributed by atoms with Crippen molar-refractivity contribution >= 4 is 12.0 Å². The molecule has 11 heteroatoms. The van der Waals surface area contributed by atoms with Gasteiger partial charge in [0.05, 0.1) is 11.8 Å². The molecule has 230 valence electrons. The number of carbonyl (C=O) groups is 1. The molecule has 0 atom stereocenters. The number of hydrogen-bond acceptors (Lipinski definition) is 5. The summed E-state index contributed by atoms with van der Waals surface area (Å²) in [5, 5.41) is 9.90. The van der Waals surface area contributed by atoms with E-state index in [9.17, 15) is 22.8 Å². The molecule has 3 aromatic rings. The number of halogens is 3. The number of nitrogens with zero attached hydrogens (tertiary/aromatic N) is 4. The lowest BCUT2D eigenvalue weighted by Gasteiger charge is -2.45. The standard InChI is InChI=1S/C32H39F3N6O2/c1-6-7-23-10-24(12-26(11-23)31(14-22(4)15-31)30-37-20-38-39-30)16-36-28(42)27-13-25(18-40(5)17-21(2)3)19-41(29(27)43)9-8-32(33,34)35/h7,10-13,19-22H,1,8-9,14-18H2,2-5H3,(H,36,42)(H,37,38,39). The Bertz CT molecular complexity index is 1530. The van der Waals surface area contributed by atoms with E-state index >= 15 is 0 Å². The average molecular weight is 597 g/mol. The minimum atomic E-state index is -4.43. The molecule has 1 aromatic carbocycles. The predicted molar refractivity (Wildman–Crippen MR) is 159 cm³/mol. The fourth-order valence-electron chi connectivity index (χ4n) is 6.07. The molecule has 0 bridgehead atoms. The van der Waals surface area contributed by atoms with E-state index in [1.54, 1.807) is 6.08 Å². The zero-order valence-electron chi connectivity index (χ0n) is 25.1. The third-order valence-electron chi connectivity index (χ3n) is 7.70. The molecule has 1 aliphatic rings. The monoisotopic (exact) mass is 596 g/mol. The first-order chi connectivity index (χ1) is 20.3. The third-order valence-corrected chi connectivity index (χ3v) is 7.70. The first-order valence-corrected chi connectivity index (χ1v) is 14.4. The van der Waals surface area contributed by atoms with Gasteiger partial charge in [0.15, 0.2) is 0 Å². The highest BCUT2D eigenvalue weighted by molar-refractivity contribution is 5.94. The maximum atomic E-state index is 13.4. The SMILES string of the molecule is C=C=Cc1cc(CNC(=O)c2cc(CN(C)CC(C)C)cn(CCC(F)(F)F)c2=O)cc(C2(c3ncn[nH]3)CC(C)C2)c1. The molecule has 0 aliphatic heterocycles. The molecule has 0 radical (unpaired) electrons. The van der Waals surface area contributed by atoms with Gasteiger partial charge in [-0.2, -0.15) is 18.3 Å². The Morgan fingerprint density at radius 2 is 2.02 bits per heavy atom. The topological polar surface area (TPSA) is 95.9 Å². The summed E-state index contributed by atoms with van der Waals surface area (Å²) >= 11 is 0. The van der Waals surface area contributed by atoms with Crippen molar-refractivity contribution in [3.8, 4) is 0 Å². The average Bonchev–Trinajstić information content (AvgIpc) is 3.44. The number of aromatic nitrogens is 4. The molecule has 0 saturated heterocycles. The molecule has 1 amide bonds. The van der Waals surface area contributed by atoms with Crippen LogP contribution in [0.5, 0.6) is 0 Å². The number of alkyl halides is 3. The van der Waals surface area contributed by atoms with Gasteiger partial charge in [-0.25, -0.2) is 4.98 Å². The minimum absolute atomic E-state index is 0.103. The second kappa shape index (κ2) is 13.1. The zero-order valence-corrected chi connectivity index (χ0v) is 25.1. The lowest BCUT2D eigenvalue weighted by Crippen LogP contribution is -2.42. The Kier molecular flexibility index (Phi) is 9.77. The number of rotatable bonds is 12. The number of aryl methyl sites for hydroxylation is 1. The van der Waals surface area contributed by atoms with Gasteiger partial charge < -0.3 is 14.8 Å². The first kappa shape index (κ1) is 32.0. The van der Waals surface area contributed by atoms with Gasteiger partial charge >= 0.3 is 6.18 Å². The summed E-state index contributed by atoms with van der Waals surface area (Å²) in [6.07, 6.45) is 0.816. The number of amides is 1. The smallest absolute Gasteiger partial charge is 0.348 e.